The van der Waals surface area contributed by atoms with Crippen LogP contribution in [0.5, 0.6) is 5.88 Å². The molecule has 1 aromatic carbocycles. The van der Waals surface area contributed by atoms with E-state index in [0.29, 0.717) is 39.0 Å². The molecule has 13 heteroatoms. The molecular weight excluding hydrogens is 572 g/mol. The number of hydrogen-bond acceptors (Lipinski definition) is 10. The van der Waals surface area contributed by atoms with E-state index in [1.54, 1.807) is 54.0 Å². The van der Waals surface area contributed by atoms with Crippen molar-refractivity contribution in [3.63, 3.8) is 0 Å². The maximum Gasteiger partial charge on any atom is 0.359 e. The number of nitrogens with one attached hydrogen (secondary N) is 1. The maximum atomic E-state index is 13.5. The minimum atomic E-state index is -0.794. The lowest BCUT2D eigenvalue weighted by Crippen LogP contribution is -2.25. The van der Waals surface area contributed by atoms with Crippen molar-refractivity contribution in [1.82, 2.24) is 24.3 Å². The molecule has 224 valence electrons. The van der Waals surface area contributed by atoms with Gasteiger partial charge in [-0.3, -0.25) is 4.79 Å². The quantitative estimate of drug-likeness (QED) is 0.258. The van der Waals surface area contributed by atoms with Crippen molar-refractivity contribution in [2.24, 2.45) is 7.05 Å². The second-order valence-electron chi connectivity index (χ2n) is 10.2. The smallest absolute Gasteiger partial charge is 0.359 e. The summed E-state index contributed by atoms with van der Waals surface area (Å²) in [5, 5.41) is 17.8. The predicted octanol–water partition coefficient (Wildman–Crippen LogP) is 4.46. The fraction of sp³-hybridized carbons (Fsp3) is 0.333. The Morgan fingerprint density at radius 3 is 2.51 bits per heavy atom. The first kappa shape index (κ1) is 31.1. The highest BCUT2D eigenvalue weighted by molar-refractivity contribution is 6.30. The maximum absolute atomic E-state index is 13.5. The predicted molar refractivity (Wildman–Crippen MR) is 163 cm³/mol. The number of anilines is 2. The number of benzene rings is 1. The van der Waals surface area contributed by atoms with Gasteiger partial charge in [0.15, 0.2) is 5.69 Å². The fourth-order valence-corrected chi connectivity index (χ4v) is 4.94. The second-order valence-corrected chi connectivity index (χ2v) is 10.6. The number of ether oxygens (including phenoxy) is 2. The molecule has 3 aromatic heterocycles. The summed E-state index contributed by atoms with van der Waals surface area (Å²) in [5.41, 5.74) is 2.54. The van der Waals surface area contributed by atoms with Crippen molar-refractivity contribution in [2.45, 2.75) is 32.7 Å². The molecule has 1 N–H and O–H groups in total. The zero-order valence-electron chi connectivity index (χ0n) is 25.0. The Hall–Kier alpha value is -4.89. The monoisotopic (exact) mass is 604 g/mol. The molecule has 4 rings (SSSR count). The van der Waals surface area contributed by atoms with Crippen LogP contribution in [-0.2, 0) is 11.8 Å². The molecule has 0 spiro atoms. The van der Waals surface area contributed by atoms with E-state index in [1.165, 1.54) is 23.9 Å². The lowest BCUT2D eigenvalue weighted by Gasteiger charge is -2.24. The van der Waals surface area contributed by atoms with Gasteiger partial charge in [-0.15, -0.1) is 0 Å². The Balaban J connectivity index is 2.08. The minimum Gasteiger partial charge on any atom is -0.479 e. The van der Waals surface area contributed by atoms with Crippen LogP contribution in [0.25, 0.3) is 5.69 Å². The summed E-state index contributed by atoms with van der Waals surface area (Å²) < 4.78 is 14.0. The van der Waals surface area contributed by atoms with Gasteiger partial charge in [-0.05, 0) is 36.6 Å². The van der Waals surface area contributed by atoms with Gasteiger partial charge in [0.05, 0.1) is 48.3 Å². The summed E-state index contributed by atoms with van der Waals surface area (Å²) in [4.78, 5) is 37.4. The summed E-state index contributed by atoms with van der Waals surface area (Å²) in [7, 11) is 6.72. The molecule has 0 radical (unpaired) electrons. The van der Waals surface area contributed by atoms with Crippen LogP contribution < -0.4 is 20.5 Å². The normalized spacial score (nSPS) is 11.6. The van der Waals surface area contributed by atoms with Crippen LogP contribution in [0.1, 0.15) is 65.6 Å². The molecule has 1 atom stereocenters. The molecule has 0 aliphatic heterocycles. The summed E-state index contributed by atoms with van der Waals surface area (Å²) in [6.45, 7) is 5.75. The number of carbonyl (C=O) groups is 1. The first-order valence-corrected chi connectivity index (χ1v) is 13.9. The number of carbonyl (C=O) groups excluding carboxylic acids is 1. The van der Waals surface area contributed by atoms with Gasteiger partial charge in [0.2, 0.25) is 11.8 Å². The topological polar surface area (TPSA) is 140 Å². The molecule has 0 bridgehead atoms. The number of nitrogens with zero attached hydrogens (tertiary/aromatic N) is 7. The third kappa shape index (κ3) is 6.32. The number of halogens is 1. The molecular formula is C30H33ClN8O4. The summed E-state index contributed by atoms with van der Waals surface area (Å²) in [5.74, 6) is -0.175. The van der Waals surface area contributed by atoms with Crippen molar-refractivity contribution >= 4 is 29.2 Å². The van der Waals surface area contributed by atoms with Crippen molar-refractivity contribution in [2.75, 3.05) is 38.0 Å². The average molecular weight is 605 g/mol. The minimum absolute atomic E-state index is 0.0324. The van der Waals surface area contributed by atoms with E-state index in [9.17, 15) is 14.9 Å². The van der Waals surface area contributed by atoms with E-state index < -0.39 is 12.0 Å². The van der Waals surface area contributed by atoms with Crippen LogP contribution in [0.3, 0.4) is 0 Å². The van der Waals surface area contributed by atoms with Gasteiger partial charge in [0, 0.05) is 32.9 Å². The van der Waals surface area contributed by atoms with Crippen LogP contribution >= 0.6 is 11.6 Å². The van der Waals surface area contributed by atoms with Crippen molar-refractivity contribution in [1.29, 1.82) is 5.26 Å². The van der Waals surface area contributed by atoms with Crippen molar-refractivity contribution in [3.8, 4) is 17.6 Å². The van der Waals surface area contributed by atoms with Crippen LogP contribution in [0.4, 0.5) is 11.6 Å². The van der Waals surface area contributed by atoms with Gasteiger partial charge >= 0.3 is 5.97 Å². The number of aromatic nitrogens is 5. The molecule has 3 heterocycles. The highest BCUT2D eigenvalue weighted by Gasteiger charge is 2.34. The standard InChI is InChI=1S/C30H33ClN8O4/c1-8-43-29(41)25-23(26(17(2)3)39(36-25)22-15-33-30(37(4)5)35-27(22)42-7)24(19-11-9-18(14-32)10-12-19)34-21-13-20(31)16-38(6)28(21)40/h9-13,15-17,24,34H,8H2,1-7H3. The molecule has 1 unspecified atom stereocenters. The van der Waals surface area contributed by atoms with Crippen molar-refractivity contribution in [3.05, 3.63) is 86.2 Å². The summed E-state index contributed by atoms with van der Waals surface area (Å²) in [6.07, 6.45) is 3.09. The fourth-order valence-electron chi connectivity index (χ4n) is 4.68. The Labute approximate surface area is 254 Å². The third-order valence-electron chi connectivity index (χ3n) is 6.63. The van der Waals surface area contributed by atoms with E-state index >= 15 is 0 Å². The first-order chi connectivity index (χ1) is 20.5. The van der Waals surface area contributed by atoms with Crippen molar-refractivity contribution < 1.29 is 14.3 Å². The van der Waals surface area contributed by atoms with Crippen LogP contribution in [0, 0.1) is 11.3 Å². The Kier molecular flexibility index (Phi) is 9.36. The molecule has 12 nitrogen and oxygen atoms in total. The Morgan fingerprint density at radius 1 is 1.23 bits per heavy atom. The number of methoxy groups -OCH3 is 1. The van der Waals surface area contributed by atoms with E-state index in [1.807, 2.05) is 27.9 Å². The molecule has 43 heavy (non-hydrogen) atoms. The van der Waals surface area contributed by atoms with Gasteiger partial charge in [-0.1, -0.05) is 37.6 Å². The van der Waals surface area contributed by atoms with Crippen LogP contribution in [0.2, 0.25) is 5.02 Å². The first-order valence-electron chi connectivity index (χ1n) is 13.5. The molecule has 0 aliphatic carbocycles. The lowest BCUT2D eigenvalue weighted by molar-refractivity contribution is 0.0517. The van der Waals surface area contributed by atoms with Gasteiger partial charge in [0.25, 0.3) is 5.56 Å². The second kappa shape index (κ2) is 13.0. The molecule has 0 amide bonds. The van der Waals surface area contributed by atoms with E-state index in [-0.39, 0.29) is 35.3 Å². The summed E-state index contributed by atoms with van der Waals surface area (Å²) >= 11 is 6.34. The zero-order valence-corrected chi connectivity index (χ0v) is 25.8. The van der Waals surface area contributed by atoms with E-state index in [0.717, 1.165) is 0 Å². The Bertz CT molecular complexity index is 1740. The number of nitriles is 1. The van der Waals surface area contributed by atoms with Crippen LogP contribution in [0.15, 0.2) is 47.5 Å². The van der Waals surface area contributed by atoms with E-state index in [2.05, 4.69) is 21.4 Å². The largest absolute Gasteiger partial charge is 0.479 e. The Morgan fingerprint density at radius 2 is 1.93 bits per heavy atom. The molecule has 0 aliphatic rings. The van der Waals surface area contributed by atoms with Gasteiger partial charge in [-0.2, -0.15) is 15.3 Å². The molecule has 0 saturated carbocycles. The van der Waals surface area contributed by atoms with Gasteiger partial charge in [0.1, 0.15) is 11.4 Å². The van der Waals surface area contributed by atoms with Crippen LogP contribution in [-0.4, -0.2) is 58.1 Å². The van der Waals surface area contributed by atoms with Gasteiger partial charge < -0.3 is 24.3 Å². The summed E-state index contributed by atoms with van der Waals surface area (Å²) in [6, 6.07) is 9.71. The molecule has 0 saturated heterocycles. The molecule has 4 aromatic rings. The number of hydrogen-bond donors (Lipinski definition) is 1. The highest BCUT2D eigenvalue weighted by Crippen LogP contribution is 2.38. The number of rotatable bonds is 10. The average Bonchev–Trinajstić information content (AvgIpc) is 3.38. The number of aryl methyl sites for hydroxylation is 1. The zero-order chi connectivity index (χ0) is 31.4. The number of esters is 1. The van der Waals surface area contributed by atoms with Gasteiger partial charge in [-0.25, -0.2) is 14.5 Å². The molecule has 0 fully saturated rings. The SMILES string of the molecule is CCOC(=O)c1nn(-c2cnc(N(C)C)nc2OC)c(C(C)C)c1C(Nc1cc(Cl)cn(C)c1=O)c1ccc(C#N)cc1. The highest BCUT2D eigenvalue weighted by atomic mass is 35.5. The lowest BCUT2D eigenvalue weighted by atomic mass is 9.91. The number of pyridine rings is 1. The van der Waals surface area contributed by atoms with E-state index in [4.69, 9.17) is 26.2 Å². The third-order valence-corrected chi connectivity index (χ3v) is 6.84.